The van der Waals surface area contributed by atoms with Crippen molar-refractivity contribution >= 4 is 38.3 Å². The fourth-order valence-corrected chi connectivity index (χ4v) is 4.93. The molecule has 8 nitrogen and oxygen atoms in total. The normalized spacial score (nSPS) is 12.7. The van der Waals surface area contributed by atoms with Gasteiger partial charge >= 0.3 is 0 Å². The third kappa shape index (κ3) is 6.72. The van der Waals surface area contributed by atoms with Crippen molar-refractivity contribution in [3.05, 3.63) is 76.1 Å². The topological polar surface area (TPSA) is 123 Å². The van der Waals surface area contributed by atoms with Crippen molar-refractivity contribution in [3.8, 4) is 23.0 Å². The number of aliphatic hydroxyl groups is 1. The van der Waals surface area contributed by atoms with Crippen LogP contribution >= 0.6 is 11.6 Å². The first-order valence-corrected chi connectivity index (χ1v) is 14.0. The summed E-state index contributed by atoms with van der Waals surface area (Å²) in [6, 6.07) is 9.08. The molecule has 0 aliphatic carbocycles. The molecule has 0 radical (unpaired) electrons. The van der Waals surface area contributed by atoms with Gasteiger partial charge in [-0.1, -0.05) is 23.6 Å². The Morgan fingerprint density at radius 2 is 1.79 bits per heavy atom. The zero-order valence-electron chi connectivity index (χ0n) is 21.6. The Bertz CT molecular complexity index is 1740. The zero-order valence-corrected chi connectivity index (χ0v) is 23.1. The molecule has 4 N–H and O–H groups in total. The van der Waals surface area contributed by atoms with Crippen LogP contribution in [0.5, 0.6) is 0 Å². The van der Waals surface area contributed by atoms with Crippen molar-refractivity contribution in [2.45, 2.75) is 31.9 Å². The van der Waals surface area contributed by atoms with Gasteiger partial charge in [0.2, 0.25) is 10.0 Å². The van der Waals surface area contributed by atoms with E-state index < -0.39 is 33.3 Å². The highest BCUT2D eigenvalue weighted by molar-refractivity contribution is 7.92. The number of fused-ring (bicyclic) bond motifs is 1. The maximum atomic E-state index is 13.9. The van der Waals surface area contributed by atoms with E-state index in [1.54, 1.807) is 31.3 Å². The Balaban J connectivity index is 1.93. The Morgan fingerprint density at radius 1 is 1.15 bits per heavy atom. The number of aryl methyl sites for hydroxylation is 1. The fourth-order valence-electron chi connectivity index (χ4n) is 4.19. The summed E-state index contributed by atoms with van der Waals surface area (Å²) < 4.78 is 55.5. The quantitative estimate of drug-likeness (QED) is 0.296. The number of hydrogen-bond acceptors (Lipinski definition) is 6. The summed E-state index contributed by atoms with van der Waals surface area (Å²) in [4.78, 5) is 4.65. The van der Waals surface area contributed by atoms with Gasteiger partial charge in [-0.2, -0.15) is 5.10 Å². The lowest BCUT2D eigenvalue weighted by molar-refractivity contribution is 0.143. The van der Waals surface area contributed by atoms with E-state index in [1.807, 2.05) is 0 Å². The van der Waals surface area contributed by atoms with Gasteiger partial charge in [0.1, 0.15) is 22.9 Å². The van der Waals surface area contributed by atoms with Crippen LogP contribution < -0.4 is 10.5 Å². The molecule has 0 bridgehead atoms. The molecule has 0 spiro atoms. The number of aromatic nitrogens is 3. The standard InChI is InChI=1S/C27H26ClF2N5O3S/c1-27(2,36)10-9-18-5-6-19(24(32-18)22(31)13-15-11-16(29)14-17(30)12-15)20-7-8-21(28)23-25(20)35(3)33-26(23)34-39(4,37)38/h5-8,11-12,14,22,36H,13,31H2,1-4H3,(H,33,34). The first-order valence-electron chi connectivity index (χ1n) is 11.7. The summed E-state index contributed by atoms with van der Waals surface area (Å²) in [6.07, 6.45) is 1.06. The predicted molar refractivity (Wildman–Crippen MR) is 148 cm³/mol. The van der Waals surface area contributed by atoms with Crippen LogP contribution in [0, 0.1) is 23.5 Å². The third-order valence-electron chi connectivity index (χ3n) is 5.66. The second-order valence-electron chi connectivity index (χ2n) is 9.69. The molecular formula is C27H26ClF2N5O3S. The Morgan fingerprint density at radius 3 is 2.41 bits per heavy atom. The van der Waals surface area contributed by atoms with Crippen molar-refractivity contribution in [1.29, 1.82) is 0 Å². The molecule has 204 valence electrons. The molecule has 4 rings (SSSR count). The van der Waals surface area contributed by atoms with E-state index in [-0.39, 0.29) is 17.3 Å². The summed E-state index contributed by atoms with van der Waals surface area (Å²) in [7, 11) is -2.01. The number of halogens is 3. The van der Waals surface area contributed by atoms with E-state index in [0.29, 0.717) is 39.0 Å². The molecule has 12 heteroatoms. The third-order valence-corrected chi connectivity index (χ3v) is 6.54. The minimum atomic E-state index is -3.65. The van der Waals surface area contributed by atoms with Gasteiger partial charge in [0.05, 0.1) is 33.9 Å². The Hall–Kier alpha value is -3.56. The lowest BCUT2D eigenvalue weighted by atomic mass is 9.94. The van der Waals surface area contributed by atoms with Crippen LogP contribution in [0.2, 0.25) is 5.02 Å². The number of sulfonamides is 1. The molecular weight excluding hydrogens is 548 g/mol. The number of nitrogens with one attached hydrogen (secondary N) is 1. The number of anilines is 1. The van der Waals surface area contributed by atoms with Gasteiger partial charge in [0.25, 0.3) is 0 Å². The molecule has 0 amide bonds. The number of nitrogens with zero attached hydrogens (tertiary/aromatic N) is 3. The highest BCUT2D eigenvalue weighted by atomic mass is 35.5. The first kappa shape index (κ1) is 28.4. The van der Waals surface area contributed by atoms with Gasteiger partial charge in [0, 0.05) is 24.2 Å². The molecule has 2 aromatic carbocycles. The number of benzene rings is 2. The highest BCUT2D eigenvalue weighted by Gasteiger charge is 2.23. The lowest BCUT2D eigenvalue weighted by Crippen LogP contribution is -2.17. The molecule has 39 heavy (non-hydrogen) atoms. The highest BCUT2D eigenvalue weighted by Crippen LogP contribution is 2.39. The molecule has 1 unspecified atom stereocenters. The summed E-state index contributed by atoms with van der Waals surface area (Å²) in [5.41, 5.74) is 8.00. The van der Waals surface area contributed by atoms with Gasteiger partial charge in [-0.25, -0.2) is 22.2 Å². The molecule has 2 aromatic heterocycles. The van der Waals surface area contributed by atoms with Gasteiger partial charge in [-0.15, -0.1) is 0 Å². The van der Waals surface area contributed by atoms with Crippen molar-refractivity contribution < 1.29 is 22.3 Å². The van der Waals surface area contributed by atoms with E-state index in [9.17, 15) is 22.3 Å². The molecule has 4 aromatic rings. The number of hydrogen-bond donors (Lipinski definition) is 3. The van der Waals surface area contributed by atoms with Crippen LogP contribution in [0.25, 0.3) is 22.0 Å². The molecule has 0 saturated carbocycles. The fraction of sp³-hybridized carbons (Fsp3) is 0.259. The summed E-state index contributed by atoms with van der Waals surface area (Å²) >= 11 is 6.47. The van der Waals surface area contributed by atoms with Crippen LogP contribution in [0.3, 0.4) is 0 Å². The lowest BCUT2D eigenvalue weighted by Gasteiger charge is -2.18. The van der Waals surface area contributed by atoms with Crippen molar-refractivity contribution in [3.63, 3.8) is 0 Å². The first-order chi connectivity index (χ1) is 18.1. The van der Waals surface area contributed by atoms with Gasteiger partial charge in [0.15, 0.2) is 5.82 Å². The molecule has 1 atom stereocenters. The minimum Gasteiger partial charge on any atom is -0.378 e. The Kier molecular flexibility index (Phi) is 7.69. The molecule has 0 fully saturated rings. The van der Waals surface area contributed by atoms with Crippen LogP contribution in [-0.4, -0.2) is 40.1 Å². The van der Waals surface area contributed by atoms with Gasteiger partial charge in [-0.3, -0.25) is 9.40 Å². The van der Waals surface area contributed by atoms with E-state index in [0.717, 1.165) is 12.3 Å². The second kappa shape index (κ2) is 10.5. The summed E-state index contributed by atoms with van der Waals surface area (Å²) in [5, 5.41) is 15.0. The summed E-state index contributed by atoms with van der Waals surface area (Å²) in [5.74, 6) is 4.14. The van der Waals surface area contributed by atoms with Crippen molar-refractivity contribution in [1.82, 2.24) is 14.8 Å². The summed E-state index contributed by atoms with van der Waals surface area (Å²) in [6.45, 7) is 3.07. The zero-order chi connectivity index (χ0) is 28.7. The number of rotatable bonds is 6. The maximum Gasteiger partial charge on any atom is 0.231 e. The van der Waals surface area contributed by atoms with E-state index >= 15 is 0 Å². The van der Waals surface area contributed by atoms with Gasteiger partial charge < -0.3 is 10.8 Å². The van der Waals surface area contributed by atoms with Crippen LogP contribution in [0.15, 0.2) is 42.5 Å². The predicted octanol–water partition coefficient (Wildman–Crippen LogP) is 4.30. The molecule has 0 aliphatic rings. The molecule has 0 aliphatic heterocycles. The van der Waals surface area contributed by atoms with Crippen LogP contribution in [-0.2, 0) is 23.5 Å². The largest absolute Gasteiger partial charge is 0.378 e. The second-order valence-corrected chi connectivity index (χ2v) is 11.8. The SMILES string of the molecule is Cn1nc(NS(C)(=O)=O)c2c(Cl)ccc(-c3ccc(C#CC(C)(C)O)nc3C(N)Cc3cc(F)cc(F)c3)c21. The monoisotopic (exact) mass is 573 g/mol. The van der Waals surface area contributed by atoms with E-state index in [1.165, 1.54) is 30.7 Å². The van der Waals surface area contributed by atoms with Crippen molar-refractivity contribution in [2.24, 2.45) is 12.8 Å². The average Bonchev–Trinajstić information content (AvgIpc) is 3.12. The Labute approximate surface area is 229 Å². The number of nitrogens with two attached hydrogens (primary N) is 1. The van der Waals surface area contributed by atoms with E-state index in [4.69, 9.17) is 17.3 Å². The minimum absolute atomic E-state index is 0.0556. The van der Waals surface area contributed by atoms with Crippen LogP contribution in [0.1, 0.15) is 36.8 Å². The van der Waals surface area contributed by atoms with Crippen molar-refractivity contribution in [2.75, 3.05) is 11.0 Å². The van der Waals surface area contributed by atoms with Crippen LogP contribution in [0.4, 0.5) is 14.6 Å². The number of pyridine rings is 1. The van der Waals surface area contributed by atoms with E-state index in [2.05, 4.69) is 26.6 Å². The van der Waals surface area contributed by atoms with Gasteiger partial charge in [-0.05, 0) is 62.1 Å². The average molecular weight is 574 g/mol. The smallest absolute Gasteiger partial charge is 0.231 e. The molecule has 2 heterocycles. The maximum absolute atomic E-state index is 13.9. The molecule has 0 saturated heterocycles.